The largest absolute Gasteiger partial charge is 0.426 e. The zero-order valence-corrected chi connectivity index (χ0v) is 18.3. The average molecular weight is 428 g/mol. The maximum Gasteiger partial charge on any atom is 0.314 e. The Kier molecular flexibility index (Phi) is 6.25. The summed E-state index contributed by atoms with van der Waals surface area (Å²) < 4.78 is 33.2. The van der Waals surface area contributed by atoms with Crippen LogP contribution in [0.3, 0.4) is 0 Å². The standard InChI is InChI=1S/C24H29NO4S/c1-2-18-7-10-22(11-8-18)29-24(26)20-13-15-25(16-14-20)30(27,28)23-12-9-19-5-3-4-6-21(19)17-23/h7-12,17,20H,2-6,13-16H2,1H3. The Bertz CT molecular complexity index is 1010. The second-order valence-corrected chi connectivity index (χ2v) is 10.2. The maximum absolute atomic E-state index is 13.1. The van der Waals surface area contributed by atoms with Crippen LogP contribution in [-0.4, -0.2) is 31.8 Å². The van der Waals surface area contributed by atoms with Gasteiger partial charge in [-0.15, -0.1) is 0 Å². The van der Waals surface area contributed by atoms with Crippen LogP contribution in [0.1, 0.15) is 49.3 Å². The molecule has 1 aliphatic heterocycles. The molecule has 2 aromatic carbocycles. The molecule has 160 valence electrons. The van der Waals surface area contributed by atoms with Gasteiger partial charge in [-0.3, -0.25) is 4.79 Å². The van der Waals surface area contributed by atoms with Crippen molar-refractivity contribution in [3.8, 4) is 5.75 Å². The van der Waals surface area contributed by atoms with Crippen molar-refractivity contribution in [2.24, 2.45) is 5.92 Å². The summed E-state index contributed by atoms with van der Waals surface area (Å²) in [6, 6.07) is 13.1. The average Bonchev–Trinajstić information content (AvgIpc) is 2.79. The highest BCUT2D eigenvalue weighted by atomic mass is 32.2. The molecule has 1 saturated heterocycles. The van der Waals surface area contributed by atoms with E-state index in [1.54, 1.807) is 6.07 Å². The summed E-state index contributed by atoms with van der Waals surface area (Å²) in [6.07, 6.45) is 6.17. The molecule has 0 radical (unpaired) electrons. The van der Waals surface area contributed by atoms with Crippen molar-refractivity contribution in [3.63, 3.8) is 0 Å². The van der Waals surface area contributed by atoms with E-state index in [4.69, 9.17) is 4.74 Å². The molecular weight excluding hydrogens is 398 g/mol. The SMILES string of the molecule is CCc1ccc(OC(=O)C2CCN(S(=O)(=O)c3ccc4c(c3)CCCC4)CC2)cc1. The van der Waals surface area contributed by atoms with Crippen LogP contribution in [0.2, 0.25) is 0 Å². The summed E-state index contributed by atoms with van der Waals surface area (Å²) in [4.78, 5) is 12.9. The van der Waals surface area contributed by atoms with Crippen molar-refractivity contribution < 1.29 is 17.9 Å². The first kappa shape index (κ1) is 21.1. The van der Waals surface area contributed by atoms with Gasteiger partial charge < -0.3 is 4.74 Å². The smallest absolute Gasteiger partial charge is 0.314 e. The van der Waals surface area contributed by atoms with Crippen LogP contribution in [0, 0.1) is 5.92 Å². The number of benzene rings is 2. The number of ether oxygens (including phenoxy) is 1. The van der Waals surface area contributed by atoms with Crippen molar-refractivity contribution in [3.05, 3.63) is 59.2 Å². The van der Waals surface area contributed by atoms with Crippen LogP contribution >= 0.6 is 0 Å². The number of fused-ring (bicyclic) bond motifs is 1. The molecule has 2 aromatic rings. The fraction of sp³-hybridized carbons (Fsp3) is 0.458. The Hall–Kier alpha value is -2.18. The van der Waals surface area contributed by atoms with Crippen molar-refractivity contribution in [2.45, 2.75) is 56.8 Å². The van der Waals surface area contributed by atoms with Gasteiger partial charge in [-0.2, -0.15) is 4.31 Å². The predicted octanol–water partition coefficient (Wildman–Crippen LogP) is 4.13. The molecule has 1 aliphatic carbocycles. The normalized spacial score (nSPS) is 18.0. The van der Waals surface area contributed by atoms with Crippen LogP contribution in [0.25, 0.3) is 0 Å². The molecule has 0 atom stereocenters. The summed E-state index contributed by atoms with van der Waals surface area (Å²) >= 11 is 0. The van der Waals surface area contributed by atoms with E-state index in [9.17, 15) is 13.2 Å². The van der Waals surface area contributed by atoms with E-state index < -0.39 is 10.0 Å². The number of piperidine rings is 1. The fourth-order valence-electron chi connectivity index (χ4n) is 4.34. The molecule has 30 heavy (non-hydrogen) atoms. The topological polar surface area (TPSA) is 63.7 Å². The number of rotatable bonds is 5. The summed E-state index contributed by atoms with van der Waals surface area (Å²) in [5.41, 5.74) is 3.62. The highest BCUT2D eigenvalue weighted by Crippen LogP contribution is 2.29. The van der Waals surface area contributed by atoms with Gasteiger partial charge in [-0.05, 0) is 85.9 Å². The van der Waals surface area contributed by atoms with Gasteiger partial charge in [0.1, 0.15) is 5.75 Å². The van der Waals surface area contributed by atoms with E-state index in [-0.39, 0.29) is 11.9 Å². The number of aryl methyl sites for hydroxylation is 3. The zero-order chi connectivity index (χ0) is 21.1. The first-order chi connectivity index (χ1) is 14.5. The molecule has 0 N–H and O–H groups in total. The lowest BCUT2D eigenvalue weighted by molar-refractivity contribution is -0.140. The van der Waals surface area contributed by atoms with Gasteiger partial charge >= 0.3 is 5.97 Å². The van der Waals surface area contributed by atoms with Crippen LogP contribution in [0.4, 0.5) is 0 Å². The van der Waals surface area contributed by atoms with Crippen molar-refractivity contribution in [1.29, 1.82) is 0 Å². The molecule has 6 heteroatoms. The predicted molar refractivity (Wildman–Crippen MR) is 116 cm³/mol. The molecule has 0 aromatic heterocycles. The molecule has 1 fully saturated rings. The van der Waals surface area contributed by atoms with Gasteiger partial charge in [0.05, 0.1) is 10.8 Å². The number of esters is 1. The van der Waals surface area contributed by atoms with E-state index in [1.165, 1.54) is 21.9 Å². The van der Waals surface area contributed by atoms with Crippen LogP contribution < -0.4 is 4.74 Å². The second-order valence-electron chi connectivity index (χ2n) is 8.23. The molecule has 0 spiro atoms. The van der Waals surface area contributed by atoms with Crippen LogP contribution in [0.15, 0.2) is 47.4 Å². The lowest BCUT2D eigenvalue weighted by Crippen LogP contribution is -2.41. The van der Waals surface area contributed by atoms with Gasteiger partial charge in [0.2, 0.25) is 10.0 Å². The molecule has 2 aliphatic rings. The highest BCUT2D eigenvalue weighted by molar-refractivity contribution is 7.89. The van der Waals surface area contributed by atoms with Crippen molar-refractivity contribution in [1.82, 2.24) is 4.31 Å². The molecule has 5 nitrogen and oxygen atoms in total. The first-order valence-corrected chi connectivity index (χ1v) is 12.3. The first-order valence-electron chi connectivity index (χ1n) is 10.9. The molecular formula is C24H29NO4S. The third kappa shape index (κ3) is 4.44. The minimum absolute atomic E-state index is 0.272. The van der Waals surface area contributed by atoms with E-state index in [0.29, 0.717) is 36.6 Å². The zero-order valence-electron chi connectivity index (χ0n) is 17.5. The lowest BCUT2D eigenvalue weighted by atomic mass is 9.92. The highest BCUT2D eigenvalue weighted by Gasteiger charge is 2.33. The molecule has 0 bridgehead atoms. The molecule has 0 saturated carbocycles. The van der Waals surface area contributed by atoms with E-state index >= 15 is 0 Å². The van der Waals surface area contributed by atoms with Gasteiger partial charge in [0.15, 0.2) is 0 Å². The Morgan fingerprint density at radius 2 is 1.67 bits per heavy atom. The fourth-order valence-corrected chi connectivity index (χ4v) is 5.86. The summed E-state index contributed by atoms with van der Waals surface area (Å²) in [7, 11) is -3.53. The summed E-state index contributed by atoms with van der Waals surface area (Å²) in [5, 5.41) is 0. The number of carbonyl (C=O) groups is 1. The number of carbonyl (C=O) groups excluding carboxylic acids is 1. The van der Waals surface area contributed by atoms with E-state index in [2.05, 4.69) is 6.92 Å². The molecule has 0 unspecified atom stereocenters. The Labute approximate surface area is 179 Å². The third-order valence-corrected chi connectivity index (χ3v) is 8.19. The number of sulfonamides is 1. The number of hydrogen-bond acceptors (Lipinski definition) is 4. The minimum Gasteiger partial charge on any atom is -0.426 e. The Balaban J connectivity index is 1.38. The quantitative estimate of drug-likeness (QED) is 0.532. The van der Waals surface area contributed by atoms with Crippen molar-refractivity contribution in [2.75, 3.05) is 13.1 Å². The minimum atomic E-state index is -3.53. The van der Waals surface area contributed by atoms with Crippen molar-refractivity contribution >= 4 is 16.0 Å². The Morgan fingerprint density at radius 1 is 1.00 bits per heavy atom. The van der Waals surface area contributed by atoms with Gasteiger partial charge in [0.25, 0.3) is 0 Å². The summed E-state index contributed by atoms with van der Waals surface area (Å²) in [6.45, 7) is 2.76. The Morgan fingerprint density at radius 3 is 2.33 bits per heavy atom. The monoisotopic (exact) mass is 427 g/mol. The lowest BCUT2D eigenvalue weighted by Gasteiger charge is -2.30. The molecule has 1 heterocycles. The van der Waals surface area contributed by atoms with Crippen LogP contribution in [-0.2, 0) is 34.1 Å². The number of hydrogen-bond donors (Lipinski definition) is 0. The van der Waals surface area contributed by atoms with E-state index in [1.807, 2.05) is 36.4 Å². The molecule has 0 amide bonds. The number of nitrogens with zero attached hydrogens (tertiary/aromatic N) is 1. The second kappa shape index (κ2) is 8.90. The summed E-state index contributed by atoms with van der Waals surface area (Å²) in [5.74, 6) is -0.00257. The van der Waals surface area contributed by atoms with Gasteiger partial charge in [-0.25, -0.2) is 8.42 Å². The third-order valence-electron chi connectivity index (χ3n) is 6.30. The van der Waals surface area contributed by atoms with Crippen LogP contribution in [0.5, 0.6) is 5.75 Å². The van der Waals surface area contributed by atoms with Gasteiger partial charge in [0, 0.05) is 13.1 Å². The maximum atomic E-state index is 13.1. The molecule has 4 rings (SSSR count). The van der Waals surface area contributed by atoms with Gasteiger partial charge in [-0.1, -0.05) is 25.1 Å². The van der Waals surface area contributed by atoms with E-state index in [0.717, 1.165) is 31.2 Å².